The van der Waals surface area contributed by atoms with Gasteiger partial charge in [0.05, 0.1) is 16.9 Å². The number of fused-ring (bicyclic) bond motifs is 1. The Labute approximate surface area is 204 Å². The molecule has 2 aromatic rings. The zero-order chi connectivity index (χ0) is 24.2. The minimum absolute atomic E-state index is 0.0250. The highest BCUT2D eigenvalue weighted by molar-refractivity contribution is 5.97. The third-order valence-electron chi connectivity index (χ3n) is 8.11. The third kappa shape index (κ3) is 4.25. The van der Waals surface area contributed by atoms with Gasteiger partial charge in [0.2, 0.25) is 5.95 Å². The van der Waals surface area contributed by atoms with Gasteiger partial charge in [-0.15, -0.1) is 0 Å². The first-order chi connectivity index (χ1) is 16.9. The Kier molecular flexibility index (Phi) is 5.45. The van der Waals surface area contributed by atoms with Gasteiger partial charge in [-0.1, -0.05) is 0 Å². The lowest BCUT2D eigenvalue weighted by Crippen LogP contribution is -2.59. The molecule has 7 rings (SSSR count). The number of anilines is 4. The second kappa shape index (κ2) is 8.53. The molecule has 0 radical (unpaired) electrons. The van der Waals surface area contributed by atoms with E-state index in [1.165, 1.54) is 6.20 Å². The van der Waals surface area contributed by atoms with Crippen molar-refractivity contribution in [1.82, 2.24) is 9.97 Å². The number of amides is 1. The Hall–Kier alpha value is -3.11. The van der Waals surface area contributed by atoms with Crippen molar-refractivity contribution >= 4 is 29.0 Å². The first-order valence-electron chi connectivity index (χ1n) is 12.4. The van der Waals surface area contributed by atoms with Crippen LogP contribution in [0.15, 0.2) is 24.4 Å². The molecule has 35 heavy (non-hydrogen) atoms. The van der Waals surface area contributed by atoms with E-state index < -0.39 is 11.5 Å². The predicted molar refractivity (Wildman–Crippen MR) is 131 cm³/mol. The fraction of sp³-hybridized carbons (Fsp3) is 0.560. The van der Waals surface area contributed by atoms with Crippen LogP contribution in [0.2, 0.25) is 0 Å². The molecule has 3 atom stereocenters. The number of hydrogen-bond donors (Lipinski definition) is 5. The van der Waals surface area contributed by atoms with Gasteiger partial charge in [-0.25, -0.2) is 4.98 Å². The summed E-state index contributed by atoms with van der Waals surface area (Å²) in [7, 11) is 1.67. The number of carbonyl (C=O) groups is 1. The molecule has 4 aliphatic carbocycles. The van der Waals surface area contributed by atoms with E-state index in [0.717, 1.165) is 49.2 Å². The number of aliphatic hydroxyl groups is 1. The van der Waals surface area contributed by atoms with E-state index in [1.54, 1.807) is 7.11 Å². The van der Waals surface area contributed by atoms with Gasteiger partial charge >= 0.3 is 0 Å². The molecule has 1 aromatic carbocycles. The van der Waals surface area contributed by atoms with Gasteiger partial charge in [-0.05, 0) is 68.1 Å². The number of aromatic nitrogens is 2. The second-order valence-electron chi connectivity index (χ2n) is 10.6. The average Bonchev–Trinajstić information content (AvgIpc) is 3.02. The SMILES string of the molecule is CO[C@H]1CNc2cc(Nc3ncc(C(N)=O)c(NC4C5CC6CC4CC(O)(C6)C5)n3)ccc2OC1. The number of nitrogens with zero attached hydrogens (tertiary/aromatic N) is 2. The molecule has 1 amide bonds. The van der Waals surface area contributed by atoms with E-state index in [2.05, 4.69) is 25.9 Å². The summed E-state index contributed by atoms with van der Waals surface area (Å²) in [5.41, 5.74) is 7.04. The van der Waals surface area contributed by atoms with Crippen molar-refractivity contribution in [2.75, 3.05) is 36.2 Å². The van der Waals surface area contributed by atoms with E-state index in [9.17, 15) is 9.90 Å². The Morgan fingerprint density at radius 2 is 2.09 bits per heavy atom. The number of benzene rings is 1. The van der Waals surface area contributed by atoms with Crippen LogP contribution in [0.4, 0.5) is 23.1 Å². The van der Waals surface area contributed by atoms with Gasteiger partial charge in [0.25, 0.3) is 5.91 Å². The van der Waals surface area contributed by atoms with Crippen molar-refractivity contribution in [2.45, 2.75) is 49.9 Å². The van der Waals surface area contributed by atoms with Crippen LogP contribution in [0.25, 0.3) is 0 Å². The van der Waals surface area contributed by atoms with Crippen molar-refractivity contribution in [2.24, 2.45) is 23.5 Å². The van der Waals surface area contributed by atoms with E-state index in [1.807, 2.05) is 18.2 Å². The highest BCUT2D eigenvalue weighted by Crippen LogP contribution is 2.56. The summed E-state index contributed by atoms with van der Waals surface area (Å²) in [4.78, 5) is 21.1. The van der Waals surface area contributed by atoms with Crippen LogP contribution in [0, 0.1) is 17.8 Å². The summed E-state index contributed by atoms with van der Waals surface area (Å²) in [6, 6.07) is 5.88. The molecule has 1 aromatic heterocycles. The van der Waals surface area contributed by atoms with E-state index in [4.69, 9.17) is 15.2 Å². The smallest absolute Gasteiger partial charge is 0.254 e. The highest BCUT2D eigenvalue weighted by atomic mass is 16.5. The lowest BCUT2D eigenvalue weighted by molar-refractivity contribution is -0.129. The van der Waals surface area contributed by atoms with Crippen LogP contribution < -0.4 is 26.4 Å². The van der Waals surface area contributed by atoms with Crippen molar-refractivity contribution < 1.29 is 19.4 Å². The van der Waals surface area contributed by atoms with Crippen LogP contribution in [-0.4, -0.2) is 59.0 Å². The fourth-order valence-corrected chi connectivity index (χ4v) is 6.72. The molecule has 2 unspecified atom stereocenters. The molecular weight excluding hydrogens is 448 g/mol. The number of rotatable bonds is 6. The van der Waals surface area contributed by atoms with Crippen LogP contribution in [-0.2, 0) is 4.74 Å². The third-order valence-corrected chi connectivity index (χ3v) is 8.11. The van der Waals surface area contributed by atoms with Gasteiger partial charge in [0.1, 0.15) is 24.3 Å². The normalized spacial score (nSPS) is 32.7. The Morgan fingerprint density at radius 1 is 1.29 bits per heavy atom. The summed E-state index contributed by atoms with van der Waals surface area (Å²) in [5, 5.41) is 21.0. The number of carbonyl (C=O) groups excluding carboxylic acids is 1. The standard InChI is InChI=1S/C25H32N6O4/c1-34-17-10-27-19-6-16(2-3-20(19)35-12-17)29-24-28-11-18(22(26)32)23(31-24)30-21-14-4-13-5-15(21)9-25(33,7-13)8-14/h2-3,6,11,13-15,17,21,27,33H,4-5,7-10,12H2,1H3,(H2,26,32)(H2,28,29,30,31)/t13?,14?,15?,17-,21?,25?/m0/s1. The first-order valence-corrected chi connectivity index (χ1v) is 12.4. The molecule has 186 valence electrons. The second-order valence-corrected chi connectivity index (χ2v) is 10.6. The van der Waals surface area contributed by atoms with Gasteiger partial charge in [-0.2, -0.15) is 4.98 Å². The lowest BCUT2D eigenvalue weighted by Gasteiger charge is -2.58. The molecule has 10 nitrogen and oxygen atoms in total. The molecule has 1 aliphatic heterocycles. The summed E-state index contributed by atoms with van der Waals surface area (Å²) < 4.78 is 11.2. The van der Waals surface area contributed by atoms with Crippen molar-refractivity contribution in [1.29, 1.82) is 0 Å². The molecule has 0 spiro atoms. The number of nitrogens with one attached hydrogen (secondary N) is 3. The molecule has 2 heterocycles. The maximum absolute atomic E-state index is 12.1. The number of nitrogens with two attached hydrogens (primary N) is 1. The van der Waals surface area contributed by atoms with E-state index in [0.29, 0.717) is 42.7 Å². The van der Waals surface area contributed by atoms with Crippen LogP contribution in [0.3, 0.4) is 0 Å². The average molecular weight is 481 g/mol. The minimum atomic E-state index is -0.569. The first kappa shape index (κ1) is 22.4. The summed E-state index contributed by atoms with van der Waals surface area (Å²) >= 11 is 0. The van der Waals surface area contributed by atoms with E-state index >= 15 is 0 Å². The molecular formula is C25H32N6O4. The lowest BCUT2D eigenvalue weighted by atomic mass is 9.52. The molecule has 4 bridgehead atoms. The topological polar surface area (TPSA) is 144 Å². The maximum Gasteiger partial charge on any atom is 0.254 e. The largest absolute Gasteiger partial charge is 0.489 e. The Bertz CT molecular complexity index is 1130. The molecule has 0 saturated heterocycles. The molecule has 10 heteroatoms. The minimum Gasteiger partial charge on any atom is -0.489 e. The number of primary amides is 1. The number of methoxy groups -OCH3 is 1. The van der Waals surface area contributed by atoms with Crippen molar-refractivity contribution in [3.8, 4) is 5.75 Å². The van der Waals surface area contributed by atoms with Crippen LogP contribution >= 0.6 is 0 Å². The summed E-state index contributed by atoms with van der Waals surface area (Å²) in [5.74, 6) is 2.32. The predicted octanol–water partition coefficient (Wildman–Crippen LogP) is 2.49. The zero-order valence-electron chi connectivity index (χ0n) is 19.8. The van der Waals surface area contributed by atoms with Gasteiger partial charge in [0, 0.05) is 31.6 Å². The maximum atomic E-state index is 12.1. The highest BCUT2D eigenvalue weighted by Gasteiger charge is 2.54. The van der Waals surface area contributed by atoms with Gasteiger partial charge in [-0.3, -0.25) is 4.79 Å². The van der Waals surface area contributed by atoms with Crippen molar-refractivity contribution in [3.63, 3.8) is 0 Å². The van der Waals surface area contributed by atoms with Gasteiger partial charge in [0.15, 0.2) is 0 Å². The Balaban J connectivity index is 1.23. The number of hydrogen-bond acceptors (Lipinski definition) is 9. The summed E-state index contributed by atoms with van der Waals surface area (Å²) in [6.07, 6.45) is 6.18. The molecule has 5 aliphatic rings. The number of ether oxygens (including phenoxy) is 2. The monoisotopic (exact) mass is 480 g/mol. The van der Waals surface area contributed by atoms with Crippen LogP contribution in [0.1, 0.15) is 42.5 Å². The molecule has 6 N–H and O–H groups in total. The Morgan fingerprint density at radius 3 is 2.80 bits per heavy atom. The quantitative estimate of drug-likeness (QED) is 0.421. The van der Waals surface area contributed by atoms with Crippen LogP contribution in [0.5, 0.6) is 5.75 Å². The molecule has 4 saturated carbocycles. The van der Waals surface area contributed by atoms with Gasteiger partial charge < -0.3 is 36.3 Å². The summed E-state index contributed by atoms with van der Waals surface area (Å²) in [6.45, 7) is 1.13. The fourth-order valence-electron chi connectivity index (χ4n) is 6.72. The van der Waals surface area contributed by atoms with E-state index in [-0.39, 0.29) is 17.7 Å². The molecule has 4 fully saturated rings. The van der Waals surface area contributed by atoms with Crippen molar-refractivity contribution in [3.05, 3.63) is 30.0 Å². The zero-order valence-corrected chi connectivity index (χ0v) is 19.8.